The molecule has 2 heteroatoms. The van der Waals surface area contributed by atoms with Crippen molar-refractivity contribution in [2.24, 2.45) is 0 Å². The van der Waals surface area contributed by atoms with Gasteiger partial charge in [0.15, 0.2) is 17.6 Å². The van der Waals surface area contributed by atoms with Crippen LogP contribution in [0.15, 0.2) is 30.6 Å². The van der Waals surface area contributed by atoms with E-state index >= 15 is 0 Å². The summed E-state index contributed by atoms with van der Waals surface area (Å²) in [5, 5.41) is 0. The Bertz CT molecular complexity index is 434. The molecule has 0 spiro atoms. The highest BCUT2D eigenvalue weighted by Crippen LogP contribution is 2.04. The fourth-order valence-corrected chi connectivity index (χ4v) is 1.29. The Morgan fingerprint density at radius 2 is 2.25 bits per heavy atom. The Kier molecular flexibility index (Phi) is 1.56. The van der Waals surface area contributed by atoms with Crippen LogP contribution >= 0.6 is 0 Å². The zero-order chi connectivity index (χ0) is 8.39. The van der Waals surface area contributed by atoms with Crippen molar-refractivity contribution in [3.05, 3.63) is 30.6 Å². The molecule has 2 rings (SSSR count). The molecule has 0 saturated carbocycles. The zero-order valence-corrected chi connectivity index (χ0v) is 6.62. The third kappa shape index (κ3) is 0.960. The summed E-state index contributed by atoms with van der Waals surface area (Å²) >= 11 is 0. The molecule has 58 valence electrons. The standard InChI is InChI=1S/C10H8N2/c1-2-7-12-8-11-9-5-3-4-6-10(9)12/h1,3-6,8H,7H2/p+1. The van der Waals surface area contributed by atoms with E-state index in [-0.39, 0.29) is 0 Å². The van der Waals surface area contributed by atoms with Gasteiger partial charge in [0.05, 0.1) is 0 Å². The van der Waals surface area contributed by atoms with Gasteiger partial charge in [-0.15, -0.1) is 6.42 Å². The van der Waals surface area contributed by atoms with Gasteiger partial charge in [-0.25, -0.2) is 9.55 Å². The minimum Gasteiger partial charge on any atom is -0.243 e. The molecule has 1 N–H and O–H groups in total. The first-order valence-corrected chi connectivity index (χ1v) is 3.81. The summed E-state index contributed by atoms with van der Waals surface area (Å²) in [6, 6.07) is 8.08. The third-order valence-corrected chi connectivity index (χ3v) is 1.85. The molecule has 2 aromatic rings. The van der Waals surface area contributed by atoms with E-state index in [1.165, 1.54) is 0 Å². The average Bonchev–Trinajstić information content (AvgIpc) is 2.50. The molecule has 1 aromatic carbocycles. The number of rotatable bonds is 1. The molecule has 2 nitrogen and oxygen atoms in total. The Hall–Kier alpha value is -1.75. The minimum atomic E-state index is 0.615. The number of aromatic amines is 1. The van der Waals surface area contributed by atoms with E-state index in [1.807, 2.05) is 35.2 Å². The summed E-state index contributed by atoms with van der Waals surface area (Å²) in [7, 11) is 0. The van der Waals surface area contributed by atoms with Crippen LogP contribution in [-0.2, 0) is 6.54 Å². The highest BCUT2D eigenvalue weighted by Gasteiger charge is 2.05. The van der Waals surface area contributed by atoms with Gasteiger partial charge in [-0.3, -0.25) is 0 Å². The quantitative estimate of drug-likeness (QED) is 0.472. The van der Waals surface area contributed by atoms with Crippen molar-refractivity contribution in [1.82, 2.24) is 4.98 Å². The topological polar surface area (TPSA) is 19.7 Å². The maximum Gasteiger partial charge on any atom is 0.243 e. The molecule has 0 unspecified atom stereocenters. The van der Waals surface area contributed by atoms with Crippen molar-refractivity contribution >= 4 is 11.0 Å². The van der Waals surface area contributed by atoms with Gasteiger partial charge in [-0.1, -0.05) is 18.1 Å². The number of fused-ring (bicyclic) bond motifs is 1. The van der Waals surface area contributed by atoms with Crippen molar-refractivity contribution in [3.8, 4) is 12.3 Å². The first-order valence-electron chi connectivity index (χ1n) is 3.81. The van der Waals surface area contributed by atoms with Crippen LogP contribution in [0.3, 0.4) is 0 Å². The highest BCUT2D eigenvalue weighted by atomic mass is 15.0. The Morgan fingerprint density at radius 3 is 3.08 bits per heavy atom. The first kappa shape index (κ1) is 6.93. The van der Waals surface area contributed by atoms with Crippen LogP contribution in [-0.4, -0.2) is 4.98 Å². The predicted octanol–water partition coefficient (Wildman–Crippen LogP) is 1.09. The lowest BCUT2D eigenvalue weighted by Crippen LogP contribution is -2.30. The summed E-state index contributed by atoms with van der Waals surface area (Å²) in [4.78, 5) is 3.14. The van der Waals surface area contributed by atoms with Crippen molar-refractivity contribution in [2.45, 2.75) is 6.54 Å². The van der Waals surface area contributed by atoms with E-state index < -0.39 is 0 Å². The molecular weight excluding hydrogens is 148 g/mol. The lowest BCUT2D eigenvalue weighted by molar-refractivity contribution is -0.658. The number of hydrogen-bond acceptors (Lipinski definition) is 0. The number of nitrogens with one attached hydrogen (secondary N) is 1. The molecule has 0 aliphatic rings. The van der Waals surface area contributed by atoms with Crippen molar-refractivity contribution < 1.29 is 4.57 Å². The second-order valence-electron chi connectivity index (χ2n) is 2.62. The maximum atomic E-state index is 5.23. The van der Waals surface area contributed by atoms with E-state index in [1.54, 1.807) is 0 Å². The predicted molar refractivity (Wildman–Crippen MR) is 47.3 cm³/mol. The van der Waals surface area contributed by atoms with E-state index in [0.717, 1.165) is 11.0 Å². The lowest BCUT2D eigenvalue weighted by atomic mass is 10.3. The Balaban J connectivity index is 2.64. The largest absolute Gasteiger partial charge is 0.243 e. The number of hydrogen-bond donors (Lipinski definition) is 1. The number of terminal acetylenes is 1. The van der Waals surface area contributed by atoms with Gasteiger partial charge in [0.1, 0.15) is 0 Å². The van der Waals surface area contributed by atoms with Crippen molar-refractivity contribution in [1.29, 1.82) is 0 Å². The van der Waals surface area contributed by atoms with Crippen LogP contribution in [0.4, 0.5) is 0 Å². The SMILES string of the molecule is C#CC[n+]1c[nH]c2ccccc21. The molecule has 0 bridgehead atoms. The van der Waals surface area contributed by atoms with Gasteiger partial charge in [-0.2, -0.15) is 0 Å². The molecule has 0 aliphatic carbocycles. The van der Waals surface area contributed by atoms with Crippen LogP contribution in [0.5, 0.6) is 0 Å². The van der Waals surface area contributed by atoms with Gasteiger partial charge >= 0.3 is 0 Å². The molecular formula is C10H9N2+. The van der Waals surface area contributed by atoms with E-state index in [0.29, 0.717) is 6.54 Å². The summed E-state index contributed by atoms with van der Waals surface area (Å²) in [6.07, 6.45) is 7.12. The summed E-state index contributed by atoms with van der Waals surface area (Å²) in [6.45, 7) is 0.615. The van der Waals surface area contributed by atoms with Gasteiger partial charge in [-0.05, 0) is 12.1 Å². The molecule has 0 atom stereocenters. The maximum absolute atomic E-state index is 5.23. The van der Waals surface area contributed by atoms with Gasteiger partial charge in [0.25, 0.3) is 0 Å². The minimum absolute atomic E-state index is 0.615. The third-order valence-electron chi connectivity index (χ3n) is 1.85. The lowest BCUT2D eigenvalue weighted by Gasteiger charge is -1.87. The van der Waals surface area contributed by atoms with E-state index in [2.05, 4.69) is 10.9 Å². The summed E-state index contributed by atoms with van der Waals surface area (Å²) in [5.74, 6) is 2.61. The van der Waals surface area contributed by atoms with Crippen LogP contribution in [0.1, 0.15) is 0 Å². The van der Waals surface area contributed by atoms with Gasteiger partial charge < -0.3 is 0 Å². The fraction of sp³-hybridized carbons (Fsp3) is 0.100. The highest BCUT2D eigenvalue weighted by molar-refractivity contribution is 5.70. The molecule has 0 aliphatic heterocycles. The molecule has 0 fully saturated rings. The molecule has 12 heavy (non-hydrogen) atoms. The number of para-hydroxylation sites is 2. The number of imidazole rings is 1. The second-order valence-corrected chi connectivity index (χ2v) is 2.62. The van der Waals surface area contributed by atoms with E-state index in [4.69, 9.17) is 6.42 Å². The molecule has 0 radical (unpaired) electrons. The molecule has 0 amide bonds. The monoisotopic (exact) mass is 157 g/mol. The van der Waals surface area contributed by atoms with Crippen LogP contribution < -0.4 is 4.57 Å². The number of aromatic nitrogens is 2. The molecule has 0 saturated heterocycles. The summed E-state index contributed by atoms with van der Waals surface area (Å²) in [5.41, 5.74) is 2.27. The van der Waals surface area contributed by atoms with Crippen molar-refractivity contribution in [3.63, 3.8) is 0 Å². The Labute approximate surface area is 70.8 Å². The molecule has 1 heterocycles. The Morgan fingerprint density at radius 1 is 1.42 bits per heavy atom. The fourth-order valence-electron chi connectivity index (χ4n) is 1.29. The molecule has 1 aromatic heterocycles. The second kappa shape index (κ2) is 2.71. The van der Waals surface area contributed by atoms with Gasteiger partial charge in [0, 0.05) is 0 Å². The number of benzene rings is 1. The van der Waals surface area contributed by atoms with Gasteiger partial charge in [0.2, 0.25) is 6.33 Å². The summed E-state index contributed by atoms with van der Waals surface area (Å²) < 4.78 is 2.01. The first-order chi connectivity index (χ1) is 5.92. The van der Waals surface area contributed by atoms with Crippen LogP contribution in [0.2, 0.25) is 0 Å². The number of H-pyrrole nitrogens is 1. The van der Waals surface area contributed by atoms with Crippen LogP contribution in [0, 0.1) is 12.3 Å². The zero-order valence-electron chi connectivity index (χ0n) is 6.62. The van der Waals surface area contributed by atoms with E-state index in [9.17, 15) is 0 Å². The number of nitrogens with zero attached hydrogens (tertiary/aromatic N) is 1. The smallest absolute Gasteiger partial charge is 0.243 e. The normalized spacial score (nSPS) is 9.92. The van der Waals surface area contributed by atoms with Crippen LogP contribution in [0.25, 0.3) is 11.0 Å². The average molecular weight is 157 g/mol. The van der Waals surface area contributed by atoms with Crippen molar-refractivity contribution in [2.75, 3.05) is 0 Å².